The number of carbonyl (C=O) groups is 1. The Kier molecular flexibility index (Phi) is 4.61. The fourth-order valence-corrected chi connectivity index (χ4v) is 4.13. The molecular formula is C21H18F3N7O. The van der Waals surface area contributed by atoms with Crippen molar-refractivity contribution < 1.29 is 18.0 Å². The summed E-state index contributed by atoms with van der Waals surface area (Å²) in [5.74, 6) is -0.0845. The lowest BCUT2D eigenvalue weighted by atomic mass is 10.2. The van der Waals surface area contributed by atoms with Crippen molar-refractivity contribution in [1.82, 2.24) is 24.3 Å². The van der Waals surface area contributed by atoms with Gasteiger partial charge < -0.3 is 15.6 Å². The van der Waals surface area contributed by atoms with Gasteiger partial charge in [-0.3, -0.25) is 9.48 Å². The van der Waals surface area contributed by atoms with Gasteiger partial charge in [0.25, 0.3) is 0 Å². The number of nitrogen functional groups attached to an aromatic ring is 1. The van der Waals surface area contributed by atoms with Gasteiger partial charge in [0, 0.05) is 23.3 Å². The number of nitrogens with two attached hydrogens (primary N) is 1. The molecule has 0 spiro atoms. The maximum atomic E-state index is 12.7. The highest BCUT2D eigenvalue weighted by Crippen LogP contribution is 2.36. The Bertz CT molecular complexity index is 1320. The zero-order valence-electron chi connectivity index (χ0n) is 16.7. The standard InChI is InChI=1S/C21H18F3N7O/c22-21(23,24)16-8-9-30(29-16)10-17(32)28-12-4-6-13(7-5-12)31-15-3-1-2-14(15)18-19(31)20(25)27-11-26-18/h4-9,11H,1-3,10H2,(H,28,32)(H2,25,26,27). The summed E-state index contributed by atoms with van der Waals surface area (Å²) in [6.45, 7) is -0.332. The molecule has 5 rings (SSSR count). The summed E-state index contributed by atoms with van der Waals surface area (Å²) >= 11 is 0. The molecule has 11 heteroatoms. The first kappa shape index (κ1) is 20.0. The largest absolute Gasteiger partial charge is 0.435 e. The van der Waals surface area contributed by atoms with Crippen LogP contribution in [-0.4, -0.2) is 30.2 Å². The zero-order valence-corrected chi connectivity index (χ0v) is 16.7. The molecular weight excluding hydrogens is 423 g/mol. The predicted molar refractivity (Wildman–Crippen MR) is 111 cm³/mol. The zero-order chi connectivity index (χ0) is 22.5. The van der Waals surface area contributed by atoms with Crippen LogP contribution < -0.4 is 11.1 Å². The Morgan fingerprint density at radius 3 is 2.62 bits per heavy atom. The van der Waals surface area contributed by atoms with Gasteiger partial charge in [0.1, 0.15) is 18.4 Å². The van der Waals surface area contributed by atoms with Gasteiger partial charge in [0.2, 0.25) is 5.91 Å². The minimum absolute atomic E-state index is 0.332. The monoisotopic (exact) mass is 441 g/mol. The minimum Gasteiger partial charge on any atom is -0.382 e. The molecule has 32 heavy (non-hydrogen) atoms. The van der Waals surface area contributed by atoms with Crippen LogP contribution >= 0.6 is 0 Å². The number of carbonyl (C=O) groups excluding carboxylic acids is 1. The normalized spacial score (nSPS) is 13.5. The first-order chi connectivity index (χ1) is 15.3. The molecule has 1 amide bonds. The number of amides is 1. The van der Waals surface area contributed by atoms with E-state index in [1.54, 1.807) is 12.1 Å². The highest BCUT2D eigenvalue weighted by atomic mass is 19.4. The Morgan fingerprint density at radius 1 is 1.12 bits per heavy atom. The van der Waals surface area contributed by atoms with E-state index in [-0.39, 0.29) is 6.54 Å². The van der Waals surface area contributed by atoms with Crippen LogP contribution in [-0.2, 0) is 30.4 Å². The molecule has 0 radical (unpaired) electrons. The first-order valence-corrected chi connectivity index (χ1v) is 9.95. The first-order valence-electron chi connectivity index (χ1n) is 9.95. The molecule has 164 valence electrons. The summed E-state index contributed by atoms with van der Waals surface area (Å²) in [7, 11) is 0. The number of hydrogen-bond acceptors (Lipinski definition) is 5. The lowest BCUT2D eigenvalue weighted by Gasteiger charge is -2.12. The highest BCUT2D eigenvalue weighted by Gasteiger charge is 2.33. The van der Waals surface area contributed by atoms with Crippen molar-refractivity contribution in [3.63, 3.8) is 0 Å². The van der Waals surface area contributed by atoms with Gasteiger partial charge in [0.15, 0.2) is 11.5 Å². The van der Waals surface area contributed by atoms with Crippen molar-refractivity contribution in [2.24, 2.45) is 0 Å². The van der Waals surface area contributed by atoms with Crippen LogP contribution in [0.4, 0.5) is 24.7 Å². The summed E-state index contributed by atoms with van der Waals surface area (Å²) in [4.78, 5) is 20.8. The Balaban J connectivity index is 1.37. The molecule has 1 aliphatic carbocycles. The van der Waals surface area contributed by atoms with Gasteiger partial charge >= 0.3 is 6.18 Å². The second-order valence-corrected chi connectivity index (χ2v) is 7.56. The fraction of sp³-hybridized carbons (Fsp3) is 0.238. The van der Waals surface area contributed by atoms with Crippen LogP contribution in [0.15, 0.2) is 42.9 Å². The van der Waals surface area contributed by atoms with E-state index in [1.165, 1.54) is 11.9 Å². The van der Waals surface area contributed by atoms with Crippen LogP contribution in [0.1, 0.15) is 23.4 Å². The quantitative estimate of drug-likeness (QED) is 0.506. The smallest absolute Gasteiger partial charge is 0.382 e. The third-order valence-electron chi connectivity index (χ3n) is 5.46. The summed E-state index contributed by atoms with van der Waals surface area (Å²) in [6.07, 6.45) is 0.934. The molecule has 0 saturated heterocycles. The lowest BCUT2D eigenvalue weighted by Crippen LogP contribution is -2.19. The molecule has 0 bridgehead atoms. The second kappa shape index (κ2) is 7.36. The second-order valence-electron chi connectivity index (χ2n) is 7.56. The summed E-state index contributed by atoms with van der Waals surface area (Å²) < 4.78 is 41.0. The molecule has 4 aromatic rings. The van der Waals surface area contributed by atoms with E-state index in [4.69, 9.17) is 5.73 Å². The van der Waals surface area contributed by atoms with Crippen molar-refractivity contribution in [2.75, 3.05) is 11.1 Å². The average molecular weight is 441 g/mol. The number of halogens is 3. The topological polar surface area (TPSA) is 104 Å². The van der Waals surface area contributed by atoms with Crippen molar-refractivity contribution in [2.45, 2.75) is 32.0 Å². The molecule has 0 saturated carbocycles. The third kappa shape index (κ3) is 3.45. The molecule has 3 heterocycles. The van der Waals surface area contributed by atoms with E-state index in [0.717, 1.165) is 58.6 Å². The predicted octanol–water partition coefficient (Wildman–Crippen LogP) is 3.35. The van der Waals surface area contributed by atoms with Crippen molar-refractivity contribution >= 4 is 28.4 Å². The summed E-state index contributed by atoms with van der Waals surface area (Å²) in [5, 5.41) is 6.06. The van der Waals surface area contributed by atoms with E-state index in [9.17, 15) is 18.0 Å². The number of aromatic nitrogens is 5. The van der Waals surface area contributed by atoms with Crippen LogP contribution in [0, 0.1) is 0 Å². The van der Waals surface area contributed by atoms with Crippen molar-refractivity contribution in [3.05, 3.63) is 59.8 Å². The molecule has 3 aromatic heterocycles. The molecule has 0 atom stereocenters. The SMILES string of the molecule is Nc1ncnc2c3c(n(-c4ccc(NC(=O)Cn5ccc(C(F)(F)F)n5)cc4)c12)CCC3. The van der Waals surface area contributed by atoms with Gasteiger partial charge in [-0.2, -0.15) is 18.3 Å². The number of anilines is 2. The number of fused-ring (bicyclic) bond motifs is 3. The summed E-state index contributed by atoms with van der Waals surface area (Å²) in [6, 6.07) is 7.97. The van der Waals surface area contributed by atoms with Crippen LogP contribution in [0.25, 0.3) is 16.7 Å². The van der Waals surface area contributed by atoms with Gasteiger partial charge in [-0.25, -0.2) is 9.97 Å². The van der Waals surface area contributed by atoms with Gasteiger partial charge in [-0.15, -0.1) is 0 Å². The molecule has 0 aliphatic heterocycles. The van der Waals surface area contributed by atoms with Crippen molar-refractivity contribution in [1.29, 1.82) is 0 Å². The van der Waals surface area contributed by atoms with E-state index in [1.807, 2.05) is 12.1 Å². The Hall–Kier alpha value is -3.89. The van der Waals surface area contributed by atoms with Crippen LogP contribution in [0.3, 0.4) is 0 Å². The van der Waals surface area contributed by atoms with Crippen molar-refractivity contribution in [3.8, 4) is 5.69 Å². The number of benzene rings is 1. The minimum atomic E-state index is -4.55. The average Bonchev–Trinajstić information content (AvgIpc) is 3.45. The van der Waals surface area contributed by atoms with E-state index >= 15 is 0 Å². The molecule has 0 unspecified atom stereocenters. The van der Waals surface area contributed by atoms with E-state index in [2.05, 4.69) is 25.0 Å². The molecule has 1 aliphatic rings. The number of hydrogen-bond donors (Lipinski definition) is 2. The van der Waals surface area contributed by atoms with Crippen LogP contribution in [0.5, 0.6) is 0 Å². The molecule has 8 nitrogen and oxygen atoms in total. The van der Waals surface area contributed by atoms with Crippen LogP contribution in [0.2, 0.25) is 0 Å². The number of rotatable bonds is 4. The number of nitrogens with one attached hydrogen (secondary N) is 1. The van der Waals surface area contributed by atoms with E-state index < -0.39 is 17.8 Å². The lowest BCUT2D eigenvalue weighted by molar-refractivity contribution is -0.141. The third-order valence-corrected chi connectivity index (χ3v) is 5.46. The molecule has 3 N–H and O–H groups in total. The number of aryl methyl sites for hydroxylation is 1. The number of nitrogens with zero attached hydrogens (tertiary/aromatic N) is 5. The Morgan fingerprint density at radius 2 is 1.91 bits per heavy atom. The highest BCUT2D eigenvalue weighted by molar-refractivity contribution is 5.92. The maximum absolute atomic E-state index is 12.7. The fourth-order valence-electron chi connectivity index (χ4n) is 4.13. The molecule has 0 fully saturated rings. The maximum Gasteiger partial charge on any atom is 0.435 e. The van der Waals surface area contributed by atoms with Gasteiger partial charge in [-0.1, -0.05) is 0 Å². The van der Waals surface area contributed by atoms with Gasteiger partial charge in [-0.05, 0) is 55.2 Å². The summed E-state index contributed by atoms with van der Waals surface area (Å²) in [5.41, 5.74) is 10.5. The number of alkyl halides is 3. The van der Waals surface area contributed by atoms with Gasteiger partial charge in [0.05, 0.1) is 5.52 Å². The van der Waals surface area contributed by atoms with E-state index in [0.29, 0.717) is 11.5 Å². The Labute approximate surface area is 179 Å². The molecule has 1 aromatic carbocycles.